The van der Waals surface area contributed by atoms with Crippen LogP contribution < -0.4 is 0 Å². The Hall–Kier alpha value is -2.58. The lowest BCUT2D eigenvalue weighted by molar-refractivity contribution is -0.153. The minimum Gasteiger partial charge on any atom is -0.465 e. The number of benzene rings is 1. The van der Waals surface area contributed by atoms with E-state index in [9.17, 15) is 19.5 Å². The molecule has 33 heavy (non-hydrogen) atoms. The van der Waals surface area contributed by atoms with Crippen molar-refractivity contribution in [2.75, 3.05) is 26.3 Å². The summed E-state index contributed by atoms with van der Waals surface area (Å²) >= 11 is 1.54. The standard InChI is InChI=1S/C25H28N2O5S/c28-14-7-13-27-21-23(30)26(16-17-8-2-1-3-9-17)12-6-11-25(21)20(22(27)29)19-18(33-25)10-4-5-15-32-24(19)31/h1-4,6,8-11,18-21,28H,5,7,12-16H2/t18-,19+,20+,21?,25+/m1/s1. The highest BCUT2D eigenvalue weighted by molar-refractivity contribution is 8.02. The van der Waals surface area contributed by atoms with E-state index in [-0.39, 0.29) is 36.2 Å². The van der Waals surface area contributed by atoms with Crippen molar-refractivity contribution in [1.29, 1.82) is 0 Å². The highest BCUT2D eigenvalue weighted by Crippen LogP contribution is 2.60. The highest BCUT2D eigenvalue weighted by atomic mass is 32.2. The first-order chi connectivity index (χ1) is 16.1. The van der Waals surface area contributed by atoms with Crippen molar-refractivity contribution < 1.29 is 24.2 Å². The number of likely N-dealkylation sites (tertiary alicyclic amines) is 1. The molecule has 1 aromatic rings. The van der Waals surface area contributed by atoms with Gasteiger partial charge in [0.25, 0.3) is 0 Å². The van der Waals surface area contributed by atoms with Gasteiger partial charge in [0.05, 0.1) is 23.2 Å². The molecule has 0 bridgehead atoms. The zero-order valence-corrected chi connectivity index (χ0v) is 19.2. The number of fused-ring (bicyclic) bond motifs is 2. The fourth-order valence-corrected chi connectivity index (χ4v) is 7.58. The van der Waals surface area contributed by atoms with Crippen molar-refractivity contribution in [2.45, 2.75) is 35.4 Å². The predicted molar refractivity (Wildman–Crippen MR) is 124 cm³/mol. The summed E-state index contributed by atoms with van der Waals surface area (Å²) in [7, 11) is 0. The number of cyclic esters (lactones) is 1. The minimum absolute atomic E-state index is 0.0735. The number of thioether (sulfide) groups is 1. The Bertz CT molecular complexity index is 996. The number of carbonyl (C=O) groups excluding carboxylic acids is 3. The van der Waals surface area contributed by atoms with Gasteiger partial charge in [0.2, 0.25) is 11.8 Å². The maximum atomic E-state index is 14.0. The molecule has 4 heterocycles. The van der Waals surface area contributed by atoms with Gasteiger partial charge in [-0.3, -0.25) is 14.4 Å². The zero-order valence-electron chi connectivity index (χ0n) is 18.3. The van der Waals surface area contributed by atoms with Gasteiger partial charge in [-0.25, -0.2) is 0 Å². The lowest BCUT2D eigenvalue weighted by Gasteiger charge is -2.35. The van der Waals surface area contributed by atoms with Crippen LogP contribution in [0.1, 0.15) is 18.4 Å². The van der Waals surface area contributed by atoms with Crippen LogP contribution in [-0.4, -0.2) is 75.0 Å². The number of amides is 2. The second-order valence-electron chi connectivity index (χ2n) is 8.94. The maximum Gasteiger partial charge on any atom is 0.311 e. The van der Waals surface area contributed by atoms with Crippen LogP contribution in [0.15, 0.2) is 54.6 Å². The molecular formula is C25H28N2O5S. The van der Waals surface area contributed by atoms with E-state index >= 15 is 0 Å². The van der Waals surface area contributed by atoms with Gasteiger partial charge >= 0.3 is 5.97 Å². The Balaban J connectivity index is 1.55. The Morgan fingerprint density at radius 2 is 1.94 bits per heavy atom. The molecule has 0 aromatic heterocycles. The van der Waals surface area contributed by atoms with Crippen molar-refractivity contribution in [2.24, 2.45) is 11.8 Å². The van der Waals surface area contributed by atoms with E-state index in [1.807, 2.05) is 54.6 Å². The number of aliphatic hydroxyl groups is 1. The Morgan fingerprint density at radius 1 is 1.12 bits per heavy atom. The summed E-state index contributed by atoms with van der Waals surface area (Å²) in [5.74, 6) is -1.96. The Morgan fingerprint density at radius 3 is 2.73 bits per heavy atom. The van der Waals surface area contributed by atoms with E-state index in [4.69, 9.17) is 4.74 Å². The molecule has 174 valence electrons. The molecule has 2 fully saturated rings. The first-order valence-corrected chi connectivity index (χ1v) is 12.4. The van der Waals surface area contributed by atoms with E-state index in [0.717, 1.165) is 5.56 Å². The third-order valence-electron chi connectivity index (χ3n) is 6.98. The smallest absolute Gasteiger partial charge is 0.311 e. The summed E-state index contributed by atoms with van der Waals surface area (Å²) in [6.45, 7) is 1.39. The van der Waals surface area contributed by atoms with E-state index in [1.54, 1.807) is 21.6 Å². The van der Waals surface area contributed by atoms with Crippen molar-refractivity contribution in [3.63, 3.8) is 0 Å². The van der Waals surface area contributed by atoms with Crippen LogP contribution in [0.25, 0.3) is 0 Å². The molecule has 1 N–H and O–H groups in total. The molecule has 5 rings (SSSR count). The third kappa shape index (κ3) is 3.69. The number of nitrogens with zero attached hydrogens (tertiary/aromatic N) is 2. The molecule has 0 radical (unpaired) electrons. The van der Waals surface area contributed by atoms with Gasteiger partial charge in [-0.15, -0.1) is 11.8 Å². The van der Waals surface area contributed by atoms with Gasteiger partial charge < -0.3 is 19.6 Å². The van der Waals surface area contributed by atoms with Crippen molar-refractivity contribution >= 4 is 29.5 Å². The average Bonchev–Trinajstić information content (AvgIpc) is 3.19. The molecular weight excluding hydrogens is 440 g/mol. The summed E-state index contributed by atoms with van der Waals surface area (Å²) in [6, 6.07) is 9.07. The molecule has 5 atom stereocenters. The number of esters is 1. The van der Waals surface area contributed by atoms with Crippen LogP contribution in [0, 0.1) is 11.8 Å². The van der Waals surface area contributed by atoms with E-state index in [2.05, 4.69) is 0 Å². The summed E-state index contributed by atoms with van der Waals surface area (Å²) in [4.78, 5) is 44.2. The third-order valence-corrected chi connectivity index (χ3v) is 8.72. The number of hydrogen-bond donors (Lipinski definition) is 1. The van der Waals surface area contributed by atoms with Crippen molar-refractivity contribution in [3.05, 3.63) is 60.2 Å². The molecule has 4 aliphatic heterocycles. The summed E-state index contributed by atoms with van der Waals surface area (Å²) in [5, 5.41) is 9.23. The van der Waals surface area contributed by atoms with Gasteiger partial charge in [0.1, 0.15) is 6.04 Å². The fourth-order valence-electron chi connectivity index (χ4n) is 5.58. The molecule has 0 saturated carbocycles. The normalized spacial score (nSPS) is 33.2. The molecule has 2 amide bonds. The van der Waals surface area contributed by atoms with Crippen LogP contribution in [0.5, 0.6) is 0 Å². The molecule has 7 nitrogen and oxygen atoms in total. The first kappa shape index (κ1) is 22.2. The summed E-state index contributed by atoms with van der Waals surface area (Å²) < 4.78 is 4.64. The lowest BCUT2D eigenvalue weighted by Crippen LogP contribution is -2.53. The van der Waals surface area contributed by atoms with E-state index in [0.29, 0.717) is 32.5 Å². The minimum atomic E-state index is -0.835. The molecule has 2 saturated heterocycles. The topological polar surface area (TPSA) is 87.2 Å². The lowest BCUT2D eigenvalue weighted by atomic mass is 9.78. The molecule has 1 aromatic carbocycles. The number of carbonyl (C=O) groups is 3. The quantitative estimate of drug-likeness (QED) is 0.524. The molecule has 1 unspecified atom stereocenters. The maximum absolute atomic E-state index is 14.0. The second-order valence-corrected chi connectivity index (χ2v) is 10.4. The van der Waals surface area contributed by atoms with Crippen LogP contribution in [0.4, 0.5) is 0 Å². The molecule has 0 aliphatic carbocycles. The second kappa shape index (κ2) is 8.99. The van der Waals surface area contributed by atoms with Gasteiger partial charge in [-0.1, -0.05) is 54.6 Å². The van der Waals surface area contributed by atoms with Crippen LogP contribution in [-0.2, 0) is 25.7 Å². The number of hydrogen-bond acceptors (Lipinski definition) is 6. The van der Waals surface area contributed by atoms with E-state index in [1.165, 1.54) is 0 Å². The summed E-state index contributed by atoms with van der Waals surface area (Å²) in [5.41, 5.74) is 1.02. The first-order valence-electron chi connectivity index (χ1n) is 11.5. The molecule has 1 spiro atoms. The summed E-state index contributed by atoms with van der Waals surface area (Å²) in [6.07, 6.45) is 9.01. The zero-order chi connectivity index (χ0) is 23.0. The van der Waals surface area contributed by atoms with Crippen LogP contribution >= 0.6 is 11.8 Å². The van der Waals surface area contributed by atoms with Gasteiger partial charge in [-0.05, 0) is 18.4 Å². The monoisotopic (exact) mass is 468 g/mol. The van der Waals surface area contributed by atoms with Crippen molar-refractivity contribution in [3.8, 4) is 0 Å². The van der Waals surface area contributed by atoms with E-state index < -0.39 is 22.6 Å². The van der Waals surface area contributed by atoms with Gasteiger partial charge in [-0.2, -0.15) is 0 Å². The van der Waals surface area contributed by atoms with Crippen LogP contribution in [0.3, 0.4) is 0 Å². The molecule has 8 heteroatoms. The SMILES string of the molecule is O=C1OCCC=C[C@H]2S[C@]34C=CCN(Cc5ccccc5)C(=O)C3N(CCCO)C(=O)[C@@H]4[C@@H]12. The van der Waals surface area contributed by atoms with Crippen molar-refractivity contribution in [1.82, 2.24) is 9.80 Å². The van der Waals surface area contributed by atoms with Crippen LogP contribution in [0.2, 0.25) is 0 Å². The largest absolute Gasteiger partial charge is 0.465 e. The number of aliphatic hydroxyl groups excluding tert-OH is 1. The number of rotatable bonds is 5. The number of ether oxygens (including phenoxy) is 1. The fraction of sp³-hybridized carbons (Fsp3) is 0.480. The highest BCUT2D eigenvalue weighted by Gasteiger charge is 2.70. The van der Waals surface area contributed by atoms with Gasteiger partial charge in [0.15, 0.2) is 0 Å². The Labute approximate surface area is 197 Å². The van der Waals surface area contributed by atoms with Gasteiger partial charge in [0, 0.05) is 31.5 Å². The predicted octanol–water partition coefficient (Wildman–Crippen LogP) is 1.77. The average molecular weight is 469 g/mol. The molecule has 4 aliphatic rings. The Kier molecular flexibility index (Phi) is 6.05.